The summed E-state index contributed by atoms with van der Waals surface area (Å²) in [5.41, 5.74) is 1.07. The van der Waals surface area contributed by atoms with Crippen LogP contribution in [0.1, 0.15) is 24.8 Å². The van der Waals surface area contributed by atoms with Gasteiger partial charge < -0.3 is 10.0 Å². The number of aliphatic hydroxyl groups is 1. The molecule has 3 rings (SSSR count). The van der Waals surface area contributed by atoms with E-state index in [2.05, 4.69) is 17.3 Å². The van der Waals surface area contributed by atoms with E-state index in [9.17, 15) is 9.90 Å². The number of aromatic nitrogens is 2. The molecule has 0 saturated carbocycles. The zero-order valence-electron chi connectivity index (χ0n) is 11.8. The summed E-state index contributed by atoms with van der Waals surface area (Å²) in [6.07, 6.45) is 10.5. The standard InChI is InChI=1S/C15H21N3O2/c1-17-10-11(9-16-17)8-13-14(19)6-7-18(13)15(20)12-4-2-3-5-12/h2-3,9-10,12-14,19H,4-8H2,1H3/t13-,14-/m1/s1. The Balaban J connectivity index is 1.71. The molecule has 0 bridgehead atoms. The predicted octanol–water partition coefficient (Wildman–Crippen LogP) is 0.891. The number of hydrogen-bond donors (Lipinski definition) is 1. The summed E-state index contributed by atoms with van der Waals surface area (Å²) in [4.78, 5) is 14.4. The molecule has 1 amide bonds. The van der Waals surface area contributed by atoms with E-state index in [4.69, 9.17) is 0 Å². The molecule has 20 heavy (non-hydrogen) atoms. The van der Waals surface area contributed by atoms with Crippen LogP contribution < -0.4 is 0 Å². The second kappa shape index (κ2) is 5.40. The fourth-order valence-electron chi connectivity index (χ4n) is 3.23. The van der Waals surface area contributed by atoms with Crippen molar-refractivity contribution in [1.29, 1.82) is 0 Å². The maximum atomic E-state index is 12.6. The van der Waals surface area contributed by atoms with Gasteiger partial charge in [-0.25, -0.2) is 0 Å². The number of amides is 1. The molecule has 0 unspecified atom stereocenters. The van der Waals surface area contributed by atoms with Gasteiger partial charge in [-0.3, -0.25) is 9.48 Å². The Kier molecular flexibility index (Phi) is 3.61. The average molecular weight is 275 g/mol. The molecule has 5 heteroatoms. The SMILES string of the molecule is Cn1cc(C[C@@H]2[C@H](O)CCN2C(=O)C2CC=CC2)cn1. The third-order valence-electron chi connectivity index (χ3n) is 4.35. The molecule has 2 heterocycles. The van der Waals surface area contributed by atoms with Crippen LogP contribution >= 0.6 is 0 Å². The molecule has 2 atom stereocenters. The Morgan fingerprint density at radius 1 is 1.45 bits per heavy atom. The van der Waals surface area contributed by atoms with E-state index in [1.165, 1.54) is 0 Å². The number of aryl methyl sites for hydroxylation is 1. The topological polar surface area (TPSA) is 58.4 Å². The predicted molar refractivity (Wildman–Crippen MR) is 74.9 cm³/mol. The monoisotopic (exact) mass is 275 g/mol. The van der Waals surface area contributed by atoms with Crippen molar-refractivity contribution in [2.75, 3.05) is 6.54 Å². The molecular formula is C15H21N3O2. The molecule has 1 fully saturated rings. The molecule has 0 aromatic carbocycles. The largest absolute Gasteiger partial charge is 0.391 e. The smallest absolute Gasteiger partial charge is 0.226 e. The highest BCUT2D eigenvalue weighted by Gasteiger charge is 2.38. The molecular weight excluding hydrogens is 254 g/mol. The molecule has 108 valence electrons. The summed E-state index contributed by atoms with van der Waals surface area (Å²) < 4.78 is 1.75. The number of nitrogens with zero attached hydrogens (tertiary/aromatic N) is 3. The molecule has 1 aromatic rings. The van der Waals surface area contributed by atoms with E-state index in [1.54, 1.807) is 4.68 Å². The van der Waals surface area contributed by atoms with Crippen LogP contribution in [0, 0.1) is 5.92 Å². The lowest BCUT2D eigenvalue weighted by atomic mass is 10.0. The molecule has 1 saturated heterocycles. The van der Waals surface area contributed by atoms with Crippen LogP contribution in [0.2, 0.25) is 0 Å². The molecule has 1 N–H and O–H groups in total. The van der Waals surface area contributed by atoms with Crippen molar-refractivity contribution >= 4 is 5.91 Å². The van der Waals surface area contributed by atoms with Gasteiger partial charge in [-0.15, -0.1) is 0 Å². The van der Waals surface area contributed by atoms with Crippen molar-refractivity contribution in [1.82, 2.24) is 14.7 Å². The normalized spacial score (nSPS) is 26.6. The van der Waals surface area contributed by atoms with E-state index < -0.39 is 6.10 Å². The molecule has 0 spiro atoms. The van der Waals surface area contributed by atoms with Gasteiger partial charge in [0, 0.05) is 25.7 Å². The fourth-order valence-corrected chi connectivity index (χ4v) is 3.23. The number of likely N-dealkylation sites (tertiary alicyclic amines) is 1. The van der Waals surface area contributed by atoms with Gasteiger partial charge in [0.1, 0.15) is 0 Å². The number of carbonyl (C=O) groups excluding carboxylic acids is 1. The molecule has 5 nitrogen and oxygen atoms in total. The maximum Gasteiger partial charge on any atom is 0.226 e. The van der Waals surface area contributed by atoms with Gasteiger partial charge in [-0.05, 0) is 31.2 Å². The Morgan fingerprint density at radius 2 is 2.20 bits per heavy atom. The number of carbonyl (C=O) groups is 1. The van der Waals surface area contributed by atoms with Gasteiger partial charge in [0.2, 0.25) is 5.91 Å². The molecule has 1 aliphatic heterocycles. The van der Waals surface area contributed by atoms with Crippen LogP contribution in [-0.2, 0) is 18.3 Å². The Morgan fingerprint density at radius 3 is 2.85 bits per heavy atom. The summed E-state index contributed by atoms with van der Waals surface area (Å²) in [6, 6.07) is -0.104. The zero-order valence-corrected chi connectivity index (χ0v) is 11.8. The Hall–Kier alpha value is -1.62. The number of aliphatic hydroxyl groups excluding tert-OH is 1. The van der Waals surface area contributed by atoms with Crippen molar-refractivity contribution in [3.63, 3.8) is 0 Å². The second-order valence-electron chi connectivity index (χ2n) is 5.82. The first-order valence-corrected chi connectivity index (χ1v) is 7.26. The zero-order chi connectivity index (χ0) is 14.1. The van der Waals surface area contributed by atoms with Crippen LogP contribution in [0.25, 0.3) is 0 Å². The summed E-state index contributed by atoms with van der Waals surface area (Å²) >= 11 is 0. The van der Waals surface area contributed by atoms with Crippen LogP contribution in [0.15, 0.2) is 24.5 Å². The third-order valence-corrected chi connectivity index (χ3v) is 4.35. The highest BCUT2D eigenvalue weighted by Crippen LogP contribution is 2.27. The van der Waals surface area contributed by atoms with Gasteiger partial charge >= 0.3 is 0 Å². The molecule has 0 radical (unpaired) electrons. The van der Waals surface area contributed by atoms with Crippen LogP contribution in [0.4, 0.5) is 0 Å². The summed E-state index contributed by atoms with van der Waals surface area (Å²) in [5.74, 6) is 0.275. The molecule has 2 aliphatic rings. The summed E-state index contributed by atoms with van der Waals surface area (Å²) in [6.45, 7) is 0.668. The summed E-state index contributed by atoms with van der Waals surface area (Å²) in [7, 11) is 1.88. The minimum absolute atomic E-state index is 0.0803. The first kappa shape index (κ1) is 13.4. The van der Waals surface area contributed by atoms with Crippen molar-refractivity contribution < 1.29 is 9.90 Å². The Labute approximate surface area is 118 Å². The average Bonchev–Trinajstić information content (AvgIpc) is 3.13. The fraction of sp³-hybridized carbons (Fsp3) is 0.600. The van der Waals surface area contributed by atoms with Gasteiger partial charge in [-0.2, -0.15) is 5.10 Å². The first-order chi connectivity index (χ1) is 9.65. The second-order valence-corrected chi connectivity index (χ2v) is 5.82. The highest BCUT2D eigenvalue weighted by atomic mass is 16.3. The third kappa shape index (κ3) is 2.50. The highest BCUT2D eigenvalue weighted by molar-refractivity contribution is 5.80. The van der Waals surface area contributed by atoms with Crippen molar-refractivity contribution in [3.05, 3.63) is 30.1 Å². The van der Waals surface area contributed by atoms with Gasteiger partial charge in [0.25, 0.3) is 0 Å². The van der Waals surface area contributed by atoms with E-state index in [0.717, 1.165) is 18.4 Å². The Bertz CT molecular complexity index is 515. The van der Waals surface area contributed by atoms with Crippen molar-refractivity contribution in [2.45, 2.75) is 37.8 Å². The van der Waals surface area contributed by atoms with E-state index in [0.29, 0.717) is 19.4 Å². The molecule has 1 aliphatic carbocycles. The van der Waals surface area contributed by atoms with Crippen LogP contribution in [0.5, 0.6) is 0 Å². The van der Waals surface area contributed by atoms with Crippen molar-refractivity contribution in [3.8, 4) is 0 Å². The van der Waals surface area contributed by atoms with Crippen LogP contribution in [-0.4, -0.2) is 44.4 Å². The van der Waals surface area contributed by atoms with E-state index in [1.807, 2.05) is 24.3 Å². The number of rotatable bonds is 3. The number of allylic oxidation sites excluding steroid dienone is 2. The minimum atomic E-state index is -0.423. The lowest BCUT2D eigenvalue weighted by Gasteiger charge is -2.28. The lowest BCUT2D eigenvalue weighted by Crippen LogP contribution is -2.43. The van der Waals surface area contributed by atoms with Crippen molar-refractivity contribution in [2.24, 2.45) is 13.0 Å². The minimum Gasteiger partial charge on any atom is -0.391 e. The summed E-state index contributed by atoms with van der Waals surface area (Å²) in [5, 5.41) is 14.3. The maximum absolute atomic E-state index is 12.6. The first-order valence-electron chi connectivity index (χ1n) is 7.26. The quantitative estimate of drug-likeness (QED) is 0.834. The molecule has 1 aromatic heterocycles. The van der Waals surface area contributed by atoms with Crippen LogP contribution in [0.3, 0.4) is 0 Å². The van der Waals surface area contributed by atoms with E-state index >= 15 is 0 Å². The van der Waals surface area contributed by atoms with Gasteiger partial charge in [-0.1, -0.05) is 12.2 Å². The number of hydrogen-bond acceptors (Lipinski definition) is 3. The lowest BCUT2D eigenvalue weighted by molar-refractivity contribution is -0.136. The van der Waals surface area contributed by atoms with Gasteiger partial charge in [0.15, 0.2) is 0 Å². The van der Waals surface area contributed by atoms with E-state index in [-0.39, 0.29) is 17.9 Å². The van der Waals surface area contributed by atoms with Gasteiger partial charge in [0.05, 0.1) is 18.3 Å².